The lowest BCUT2D eigenvalue weighted by molar-refractivity contribution is 0.0907. The predicted molar refractivity (Wildman–Crippen MR) is 72.1 cm³/mol. The SMILES string of the molecule is C#CC(C)N1C(=O)N=C(N)C12CC(C)CC(C)C2. The first kappa shape index (κ1) is 12.9. The molecule has 3 atom stereocenters. The largest absolute Gasteiger partial charge is 0.385 e. The van der Waals surface area contributed by atoms with Crippen LogP contribution >= 0.6 is 0 Å². The van der Waals surface area contributed by atoms with Gasteiger partial charge in [-0.25, -0.2) is 4.79 Å². The zero-order valence-corrected chi connectivity index (χ0v) is 11.3. The molecule has 0 radical (unpaired) electrons. The molecule has 4 heteroatoms. The van der Waals surface area contributed by atoms with E-state index in [0.717, 1.165) is 12.8 Å². The molecule has 4 nitrogen and oxygen atoms in total. The van der Waals surface area contributed by atoms with Crippen LogP contribution in [-0.4, -0.2) is 28.3 Å². The fourth-order valence-electron chi connectivity index (χ4n) is 3.67. The number of urea groups is 1. The molecule has 1 saturated carbocycles. The minimum Gasteiger partial charge on any atom is -0.385 e. The van der Waals surface area contributed by atoms with Crippen molar-refractivity contribution in [2.45, 2.75) is 51.6 Å². The minimum atomic E-state index is -0.444. The molecule has 0 bridgehead atoms. The van der Waals surface area contributed by atoms with Gasteiger partial charge in [0.15, 0.2) is 0 Å². The average Bonchev–Trinajstić information content (AvgIpc) is 2.48. The summed E-state index contributed by atoms with van der Waals surface area (Å²) in [4.78, 5) is 17.7. The second-order valence-corrected chi connectivity index (χ2v) is 5.88. The highest BCUT2D eigenvalue weighted by Crippen LogP contribution is 2.43. The van der Waals surface area contributed by atoms with Crippen molar-refractivity contribution in [2.75, 3.05) is 0 Å². The third kappa shape index (κ3) is 1.78. The van der Waals surface area contributed by atoms with Gasteiger partial charge in [-0.2, -0.15) is 4.99 Å². The number of aliphatic imine (C=N–C) groups is 1. The van der Waals surface area contributed by atoms with E-state index >= 15 is 0 Å². The maximum absolute atomic E-state index is 12.0. The molecule has 1 spiro atoms. The number of nitrogens with zero attached hydrogens (tertiary/aromatic N) is 2. The lowest BCUT2D eigenvalue weighted by atomic mass is 9.70. The van der Waals surface area contributed by atoms with Crippen molar-refractivity contribution in [3.63, 3.8) is 0 Å². The second kappa shape index (κ2) is 4.31. The summed E-state index contributed by atoms with van der Waals surface area (Å²) in [6.07, 6.45) is 8.38. The van der Waals surface area contributed by atoms with Gasteiger partial charge in [0, 0.05) is 0 Å². The molecule has 18 heavy (non-hydrogen) atoms. The van der Waals surface area contributed by atoms with E-state index in [0.29, 0.717) is 17.7 Å². The van der Waals surface area contributed by atoms with Crippen LogP contribution < -0.4 is 5.73 Å². The molecule has 1 aliphatic heterocycles. The van der Waals surface area contributed by atoms with Crippen molar-refractivity contribution in [3.05, 3.63) is 0 Å². The Kier molecular flexibility index (Phi) is 3.10. The van der Waals surface area contributed by atoms with E-state index in [1.807, 2.05) is 6.92 Å². The summed E-state index contributed by atoms with van der Waals surface area (Å²) in [7, 11) is 0. The summed E-state index contributed by atoms with van der Waals surface area (Å²) >= 11 is 0. The zero-order chi connectivity index (χ0) is 13.5. The van der Waals surface area contributed by atoms with E-state index in [4.69, 9.17) is 12.2 Å². The molecule has 2 aliphatic rings. The third-order valence-electron chi connectivity index (χ3n) is 4.17. The van der Waals surface area contributed by atoms with E-state index in [1.165, 1.54) is 6.42 Å². The molecule has 1 fully saturated rings. The monoisotopic (exact) mass is 247 g/mol. The highest BCUT2D eigenvalue weighted by molar-refractivity contribution is 6.06. The third-order valence-corrected chi connectivity index (χ3v) is 4.17. The van der Waals surface area contributed by atoms with Gasteiger partial charge in [0.25, 0.3) is 0 Å². The van der Waals surface area contributed by atoms with Crippen molar-refractivity contribution in [3.8, 4) is 12.3 Å². The molecule has 1 heterocycles. The highest BCUT2D eigenvalue weighted by atomic mass is 16.2. The Labute approximate surface area is 109 Å². The summed E-state index contributed by atoms with van der Waals surface area (Å²) < 4.78 is 0. The number of terminal acetylenes is 1. The maximum Gasteiger partial charge on any atom is 0.347 e. The Bertz CT molecular complexity index is 425. The number of rotatable bonds is 1. The number of amides is 2. The standard InChI is InChI=1S/C14H21N3O/c1-5-11(4)17-13(18)16-12(15)14(17)7-9(2)6-10(3)8-14/h1,9-11H,6-8H2,2-4H3,(H2,15,16,18). The topological polar surface area (TPSA) is 58.7 Å². The van der Waals surface area contributed by atoms with Crippen LogP contribution in [0.25, 0.3) is 0 Å². The van der Waals surface area contributed by atoms with Crippen molar-refractivity contribution < 1.29 is 4.79 Å². The molecule has 98 valence electrons. The first-order valence-electron chi connectivity index (χ1n) is 6.54. The zero-order valence-electron chi connectivity index (χ0n) is 11.3. The summed E-state index contributed by atoms with van der Waals surface area (Å²) in [5.74, 6) is 4.14. The fraction of sp³-hybridized carbons (Fsp3) is 0.714. The average molecular weight is 247 g/mol. The van der Waals surface area contributed by atoms with E-state index in [9.17, 15) is 4.79 Å². The number of carbonyl (C=O) groups is 1. The van der Waals surface area contributed by atoms with Gasteiger partial charge in [0.05, 0.1) is 6.04 Å². The molecular formula is C14H21N3O. The number of hydrogen-bond donors (Lipinski definition) is 1. The van der Waals surface area contributed by atoms with E-state index in [-0.39, 0.29) is 12.1 Å². The Hall–Kier alpha value is -1.50. The highest BCUT2D eigenvalue weighted by Gasteiger charge is 2.53. The van der Waals surface area contributed by atoms with Gasteiger partial charge in [0.2, 0.25) is 0 Å². The molecule has 2 amide bonds. The molecule has 2 rings (SSSR count). The second-order valence-electron chi connectivity index (χ2n) is 5.88. The lowest BCUT2D eigenvalue weighted by Crippen LogP contribution is -2.60. The number of carbonyl (C=O) groups excluding carboxylic acids is 1. The summed E-state index contributed by atoms with van der Waals surface area (Å²) in [5.41, 5.74) is 5.62. The molecule has 3 unspecified atom stereocenters. The van der Waals surface area contributed by atoms with Gasteiger partial charge in [-0.15, -0.1) is 6.42 Å². The smallest absolute Gasteiger partial charge is 0.347 e. The van der Waals surface area contributed by atoms with Gasteiger partial charge < -0.3 is 5.73 Å². The van der Waals surface area contributed by atoms with Crippen LogP contribution in [0.1, 0.15) is 40.0 Å². The molecule has 0 aromatic rings. The lowest BCUT2D eigenvalue weighted by Gasteiger charge is -2.46. The van der Waals surface area contributed by atoms with E-state index in [2.05, 4.69) is 24.8 Å². The summed E-state index contributed by atoms with van der Waals surface area (Å²) in [6, 6.07) is -0.543. The Morgan fingerprint density at radius 2 is 2.06 bits per heavy atom. The van der Waals surface area contributed by atoms with Crippen LogP contribution in [0, 0.1) is 24.2 Å². The Morgan fingerprint density at radius 1 is 1.50 bits per heavy atom. The minimum absolute atomic E-state index is 0.264. The van der Waals surface area contributed by atoms with Crippen LogP contribution in [0.5, 0.6) is 0 Å². The van der Waals surface area contributed by atoms with Crippen molar-refractivity contribution >= 4 is 11.9 Å². The fourth-order valence-corrected chi connectivity index (χ4v) is 3.67. The first-order valence-corrected chi connectivity index (χ1v) is 6.54. The van der Waals surface area contributed by atoms with E-state index in [1.54, 1.807) is 4.90 Å². The number of hydrogen-bond acceptors (Lipinski definition) is 2. The summed E-state index contributed by atoms with van der Waals surface area (Å²) in [5, 5.41) is 0. The number of nitrogens with two attached hydrogens (primary N) is 1. The summed E-state index contributed by atoms with van der Waals surface area (Å²) in [6.45, 7) is 6.26. The quantitative estimate of drug-likeness (QED) is 0.720. The Balaban J connectivity index is 2.41. The molecular weight excluding hydrogens is 226 g/mol. The first-order chi connectivity index (χ1) is 8.40. The van der Waals surface area contributed by atoms with Crippen LogP contribution in [0.2, 0.25) is 0 Å². The van der Waals surface area contributed by atoms with Gasteiger partial charge in [-0.1, -0.05) is 19.8 Å². The van der Waals surface area contributed by atoms with Crippen molar-refractivity contribution in [1.82, 2.24) is 4.90 Å². The van der Waals surface area contributed by atoms with Crippen LogP contribution in [-0.2, 0) is 0 Å². The van der Waals surface area contributed by atoms with Crippen molar-refractivity contribution in [1.29, 1.82) is 0 Å². The van der Waals surface area contributed by atoms with Gasteiger partial charge in [0.1, 0.15) is 11.4 Å². The molecule has 1 aliphatic carbocycles. The van der Waals surface area contributed by atoms with Gasteiger partial charge in [-0.05, 0) is 38.0 Å². The van der Waals surface area contributed by atoms with Gasteiger partial charge in [-0.3, -0.25) is 4.90 Å². The predicted octanol–water partition coefficient (Wildman–Crippen LogP) is 2.00. The van der Waals surface area contributed by atoms with Crippen LogP contribution in [0.3, 0.4) is 0 Å². The molecule has 0 aromatic carbocycles. The molecule has 2 N–H and O–H groups in total. The molecule has 0 saturated heterocycles. The van der Waals surface area contributed by atoms with Crippen molar-refractivity contribution in [2.24, 2.45) is 22.6 Å². The van der Waals surface area contributed by atoms with Crippen LogP contribution in [0.15, 0.2) is 4.99 Å². The number of amidine groups is 1. The molecule has 0 aromatic heterocycles. The van der Waals surface area contributed by atoms with Gasteiger partial charge >= 0.3 is 6.03 Å². The maximum atomic E-state index is 12.0. The Morgan fingerprint density at radius 3 is 2.56 bits per heavy atom. The normalized spacial score (nSPS) is 37.6. The van der Waals surface area contributed by atoms with E-state index < -0.39 is 5.54 Å². The van der Waals surface area contributed by atoms with Crippen LogP contribution in [0.4, 0.5) is 4.79 Å².